The van der Waals surface area contributed by atoms with Gasteiger partial charge in [0, 0.05) is 5.56 Å². The van der Waals surface area contributed by atoms with E-state index in [-0.39, 0.29) is 6.61 Å². The van der Waals surface area contributed by atoms with Gasteiger partial charge in [0.05, 0.1) is 5.56 Å². The van der Waals surface area contributed by atoms with Crippen molar-refractivity contribution in [2.75, 3.05) is 0 Å². The topological polar surface area (TPSA) is 61.8 Å². The molecule has 1 heterocycles. The van der Waals surface area contributed by atoms with E-state index in [1.807, 2.05) is 52.9 Å². The van der Waals surface area contributed by atoms with Crippen LogP contribution in [0.3, 0.4) is 0 Å². The maximum absolute atomic E-state index is 12.4. The summed E-state index contributed by atoms with van der Waals surface area (Å²) in [6, 6.07) is 16.3. The molecule has 23 heavy (non-hydrogen) atoms. The van der Waals surface area contributed by atoms with Gasteiger partial charge in [-0.3, -0.25) is 0 Å². The van der Waals surface area contributed by atoms with Gasteiger partial charge in [0.15, 0.2) is 10.2 Å². The van der Waals surface area contributed by atoms with Crippen LogP contribution in [-0.2, 0) is 20.8 Å². The smallest absolute Gasteiger partial charge is 0.457 e. The highest BCUT2D eigenvalue weighted by Gasteiger charge is 2.38. The Kier molecular flexibility index (Phi) is 4.80. The molecule has 0 N–H and O–H groups in total. The Labute approximate surface area is 146 Å². The minimum Gasteiger partial charge on any atom is -0.457 e. The van der Waals surface area contributed by atoms with Crippen LogP contribution in [0.1, 0.15) is 27.6 Å². The van der Waals surface area contributed by atoms with Crippen molar-refractivity contribution in [3.63, 3.8) is 0 Å². The van der Waals surface area contributed by atoms with E-state index in [0.29, 0.717) is 11.1 Å². The van der Waals surface area contributed by atoms with Gasteiger partial charge in [0.1, 0.15) is 6.61 Å². The highest BCUT2D eigenvalue weighted by atomic mass is 127. The van der Waals surface area contributed by atoms with Crippen LogP contribution < -0.4 is 0 Å². The van der Waals surface area contributed by atoms with Crippen molar-refractivity contribution in [3.8, 4) is 0 Å². The predicted molar refractivity (Wildman–Crippen MR) is 90.1 cm³/mol. The fourth-order valence-corrected chi connectivity index (χ4v) is 3.02. The van der Waals surface area contributed by atoms with Crippen LogP contribution in [0.15, 0.2) is 54.6 Å². The quantitative estimate of drug-likeness (QED) is 0.422. The van der Waals surface area contributed by atoms with E-state index in [0.717, 1.165) is 5.56 Å². The van der Waals surface area contributed by atoms with Crippen molar-refractivity contribution in [1.29, 1.82) is 0 Å². The molecule has 2 unspecified atom stereocenters. The molecule has 0 amide bonds. The van der Waals surface area contributed by atoms with Crippen LogP contribution in [0.25, 0.3) is 0 Å². The van der Waals surface area contributed by atoms with E-state index in [1.165, 1.54) is 0 Å². The second-order valence-corrected chi connectivity index (χ2v) is 6.13. The third-order valence-electron chi connectivity index (χ3n) is 3.37. The zero-order valence-corrected chi connectivity index (χ0v) is 14.1. The van der Waals surface area contributed by atoms with Crippen LogP contribution in [0, 0.1) is 0 Å². The van der Waals surface area contributed by atoms with E-state index in [9.17, 15) is 9.59 Å². The fraction of sp³-hybridized carbons (Fsp3) is 0.176. The summed E-state index contributed by atoms with van der Waals surface area (Å²) < 4.78 is 15.0. The van der Waals surface area contributed by atoms with Gasteiger partial charge >= 0.3 is 12.1 Å². The van der Waals surface area contributed by atoms with Crippen LogP contribution in [0.5, 0.6) is 0 Å². The number of carbonyl (C=O) groups is 2. The first-order valence-corrected chi connectivity index (χ1v) is 8.21. The fourth-order valence-electron chi connectivity index (χ4n) is 2.28. The van der Waals surface area contributed by atoms with Gasteiger partial charge in [-0.05, 0) is 34.2 Å². The average Bonchev–Trinajstić information content (AvgIpc) is 2.92. The van der Waals surface area contributed by atoms with Crippen molar-refractivity contribution in [2.45, 2.75) is 16.8 Å². The first kappa shape index (κ1) is 15.8. The number of rotatable bonds is 4. The Morgan fingerprint density at radius 2 is 1.74 bits per heavy atom. The molecule has 0 bridgehead atoms. The van der Waals surface area contributed by atoms with Gasteiger partial charge in [-0.2, -0.15) is 0 Å². The summed E-state index contributed by atoms with van der Waals surface area (Å²) in [4.78, 5) is 23.6. The normalized spacial score (nSPS) is 19.8. The molecule has 1 fully saturated rings. The lowest BCUT2D eigenvalue weighted by Gasteiger charge is -2.14. The van der Waals surface area contributed by atoms with E-state index < -0.39 is 22.3 Å². The van der Waals surface area contributed by atoms with Gasteiger partial charge in [-0.1, -0.05) is 48.5 Å². The number of benzene rings is 2. The Balaban J connectivity index is 1.77. The second-order valence-electron chi connectivity index (χ2n) is 4.91. The van der Waals surface area contributed by atoms with Crippen molar-refractivity contribution < 1.29 is 23.8 Å². The van der Waals surface area contributed by atoms with Gasteiger partial charge in [-0.15, -0.1) is 0 Å². The van der Waals surface area contributed by atoms with Gasteiger partial charge in [0.2, 0.25) is 0 Å². The Bertz CT molecular complexity index is 716. The zero-order chi connectivity index (χ0) is 16.2. The molecule has 0 aliphatic carbocycles. The summed E-state index contributed by atoms with van der Waals surface area (Å²) in [6.45, 7) is 0.183. The Morgan fingerprint density at radius 1 is 1.04 bits per heavy atom. The van der Waals surface area contributed by atoms with Crippen molar-refractivity contribution in [2.24, 2.45) is 0 Å². The van der Waals surface area contributed by atoms with Crippen molar-refractivity contribution >= 4 is 34.7 Å². The maximum atomic E-state index is 12.4. The molecule has 2 aromatic rings. The molecule has 5 nitrogen and oxygen atoms in total. The molecule has 118 valence electrons. The molecule has 1 aliphatic rings. The van der Waals surface area contributed by atoms with Crippen LogP contribution >= 0.6 is 22.6 Å². The Morgan fingerprint density at radius 3 is 2.43 bits per heavy atom. The lowest BCUT2D eigenvalue weighted by atomic mass is 10.0. The lowest BCUT2D eigenvalue weighted by molar-refractivity contribution is 0.0466. The van der Waals surface area contributed by atoms with Crippen LogP contribution in [0.4, 0.5) is 4.79 Å². The first-order chi connectivity index (χ1) is 11.1. The van der Waals surface area contributed by atoms with Gasteiger partial charge in [-0.25, -0.2) is 9.59 Å². The molecule has 0 radical (unpaired) electrons. The molecular weight excluding hydrogens is 411 g/mol. The number of esters is 1. The monoisotopic (exact) mass is 424 g/mol. The first-order valence-electron chi connectivity index (χ1n) is 6.96. The van der Waals surface area contributed by atoms with E-state index in [2.05, 4.69) is 0 Å². The van der Waals surface area contributed by atoms with Crippen molar-refractivity contribution in [1.82, 2.24) is 0 Å². The largest absolute Gasteiger partial charge is 0.510 e. The summed E-state index contributed by atoms with van der Waals surface area (Å²) in [6.07, 6.45) is -1.36. The summed E-state index contributed by atoms with van der Waals surface area (Å²) in [5.41, 5.74) is 1.85. The number of cyclic esters (lactones) is 2. The molecule has 0 saturated carbocycles. The molecule has 2 aromatic carbocycles. The lowest BCUT2D eigenvalue weighted by Crippen LogP contribution is -2.14. The number of hydrogen-bond acceptors (Lipinski definition) is 5. The number of carbonyl (C=O) groups excluding carboxylic acids is 2. The Hall–Kier alpha value is -2.09. The number of halogens is 1. The number of hydrogen-bond donors (Lipinski definition) is 0. The van der Waals surface area contributed by atoms with Crippen molar-refractivity contribution in [3.05, 3.63) is 71.3 Å². The molecule has 0 aromatic heterocycles. The third kappa shape index (κ3) is 3.64. The highest BCUT2D eigenvalue weighted by Crippen LogP contribution is 2.35. The molecule has 6 heteroatoms. The van der Waals surface area contributed by atoms with E-state index >= 15 is 0 Å². The predicted octanol–water partition coefficient (Wildman–Crippen LogP) is 4.01. The van der Waals surface area contributed by atoms with Gasteiger partial charge in [0.25, 0.3) is 0 Å². The summed E-state index contributed by atoms with van der Waals surface area (Å²) in [5, 5.41) is 0. The van der Waals surface area contributed by atoms with Crippen LogP contribution in [-0.4, -0.2) is 16.2 Å². The van der Waals surface area contributed by atoms with Crippen LogP contribution in [0.2, 0.25) is 0 Å². The summed E-state index contributed by atoms with van der Waals surface area (Å²) in [7, 11) is 0. The highest BCUT2D eigenvalue weighted by molar-refractivity contribution is 14.1. The van der Waals surface area contributed by atoms with E-state index in [4.69, 9.17) is 14.2 Å². The minimum atomic E-state index is -0.734. The maximum Gasteiger partial charge on any atom is 0.510 e. The molecule has 2 atom stereocenters. The summed E-state index contributed by atoms with van der Waals surface area (Å²) in [5.74, 6) is -0.462. The number of alkyl halides is 1. The molecular formula is C17H13IO5. The average molecular weight is 424 g/mol. The van der Waals surface area contributed by atoms with E-state index in [1.54, 1.807) is 24.3 Å². The number of ether oxygens (including phenoxy) is 3. The standard InChI is InChI=1S/C17H13IO5/c18-15-14(22-17(20)23-15)12-8-4-5-9-13(12)16(19)21-10-11-6-2-1-3-7-11/h1-9,14-15H,10H2. The SMILES string of the molecule is O=C1OC(I)C(c2ccccc2C(=O)OCc2ccccc2)O1. The third-order valence-corrected chi connectivity index (χ3v) is 4.28. The summed E-state index contributed by atoms with van der Waals surface area (Å²) >= 11 is 1.96. The molecule has 1 saturated heterocycles. The zero-order valence-electron chi connectivity index (χ0n) is 12.0. The molecule has 3 rings (SSSR count). The minimum absolute atomic E-state index is 0.183. The second kappa shape index (κ2) is 6.99. The van der Waals surface area contributed by atoms with Gasteiger partial charge < -0.3 is 14.2 Å². The molecule has 1 aliphatic heterocycles. The molecule has 0 spiro atoms.